The molecule has 1 heterocycles. The Bertz CT molecular complexity index is 661. The van der Waals surface area contributed by atoms with Gasteiger partial charge in [-0.3, -0.25) is 14.9 Å². The highest BCUT2D eigenvalue weighted by molar-refractivity contribution is 7.94. The summed E-state index contributed by atoms with van der Waals surface area (Å²) in [6.45, 7) is 2.16. The minimum Gasteiger partial charge on any atom is -0.399 e. The van der Waals surface area contributed by atoms with Gasteiger partial charge in [0.25, 0.3) is 5.91 Å². The van der Waals surface area contributed by atoms with Crippen LogP contribution in [0.15, 0.2) is 33.6 Å². The Hall–Kier alpha value is -2.42. The quantitative estimate of drug-likeness (QED) is 0.877. The highest BCUT2D eigenvalue weighted by Gasteiger charge is 2.16. The van der Waals surface area contributed by atoms with Gasteiger partial charge < -0.3 is 9.73 Å². The highest BCUT2D eigenvalue weighted by Crippen LogP contribution is 2.20. The molecule has 0 bridgehead atoms. The first kappa shape index (κ1) is 15.0. The van der Waals surface area contributed by atoms with E-state index in [4.69, 9.17) is 4.42 Å². The number of benzene rings is 1. The van der Waals surface area contributed by atoms with Gasteiger partial charge in [-0.25, -0.2) is 0 Å². The van der Waals surface area contributed by atoms with Crippen molar-refractivity contribution in [3.05, 3.63) is 35.7 Å². The normalized spacial score (nSPS) is 10.2. The van der Waals surface area contributed by atoms with Crippen LogP contribution in [0.1, 0.15) is 28.0 Å². The van der Waals surface area contributed by atoms with E-state index >= 15 is 0 Å². The van der Waals surface area contributed by atoms with Crippen LogP contribution in [0.3, 0.4) is 0 Å². The average Bonchev–Trinajstić information content (AvgIpc) is 2.96. The van der Waals surface area contributed by atoms with Crippen molar-refractivity contribution in [2.75, 3.05) is 11.9 Å². The molecule has 0 spiro atoms. The van der Waals surface area contributed by atoms with Crippen LogP contribution >= 0.6 is 12.1 Å². The molecule has 0 aliphatic rings. The molecule has 2 rings (SSSR count). The molecule has 9 heteroatoms. The van der Waals surface area contributed by atoms with E-state index in [9.17, 15) is 13.5 Å². The summed E-state index contributed by atoms with van der Waals surface area (Å²) in [6, 6.07) is 5.75. The number of anilines is 1. The van der Waals surface area contributed by atoms with Crippen LogP contribution in [0.25, 0.3) is 0 Å². The van der Waals surface area contributed by atoms with Gasteiger partial charge in [-0.2, -0.15) is 3.89 Å². The van der Waals surface area contributed by atoms with E-state index in [2.05, 4.69) is 20.8 Å². The average molecular weight is 310 g/mol. The minimum atomic E-state index is -0.544. The zero-order valence-electron chi connectivity index (χ0n) is 10.9. The van der Waals surface area contributed by atoms with Gasteiger partial charge in [0.15, 0.2) is 0 Å². The van der Waals surface area contributed by atoms with Crippen molar-refractivity contribution in [3.63, 3.8) is 0 Å². The predicted octanol–water partition coefficient (Wildman–Crippen LogP) is 2.05. The number of nitrogens with zero attached hydrogens (tertiary/aromatic N) is 2. The summed E-state index contributed by atoms with van der Waals surface area (Å²) in [6.07, 6.45) is 0. The highest BCUT2D eigenvalue weighted by atomic mass is 32.2. The second-order valence-corrected chi connectivity index (χ2v) is 4.46. The molecular formula is C12H11FN4O3S. The maximum atomic E-state index is 12.5. The van der Waals surface area contributed by atoms with Gasteiger partial charge in [0.2, 0.25) is 0 Å². The molecule has 21 heavy (non-hydrogen) atoms. The molecule has 0 aliphatic carbocycles. The number of rotatable bonds is 5. The summed E-state index contributed by atoms with van der Waals surface area (Å²) in [5, 5.41) is 11.9. The molecule has 1 aromatic carbocycles. The second kappa shape index (κ2) is 6.84. The van der Waals surface area contributed by atoms with Gasteiger partial charge in [0.1, 0.15) is 0 Å². The number of carbonyl (C=O) groups is 2. The smallest absolute Gasteiger partial charge is 0.322 e. The van der Waals surface area contributed by atoms with Crippen molar-refractivity contribution in [2.45, 2.75) is 11.8 Å². The first-order chi connectivity index (χ1) is 10.1. The molecule has 2 aromatic rings. The first-order valence-corrected chi connectivity index (χ1v) is 6.67. The molecule has 0 saturated carbocycles. The van der Waals surface area contributed by atoms with Crippen LogP contribution in [-0.4, -0.2) is 28.6 Å². The maximum Gasteiger partial charge on any atom is 0.322 e. The Kier molecular flexibility index (Phi) is 4.88. The van der Waals surface area contributed by atoms with E-state index in [1.807, 2.05) is 0 Å². The standard InChI is InChI=1S/C12H11FN4O3S/c1-2-14-10(19)11-16-17-12(20-11)15-9(18)7-4-3-5-8(6-7)21-13/h3-6H,2H2,1H3,(H,14,19)(H,15,17,18). The summed E-state index contributed by atoms with van der Waals surface area (Å²) in [4.78, 5) is 23.7. The van der Waals surface area contributed by atoms with Crippen molar-refractivity contribution >= 4 is 30.0 Å². The maximum absolute atomic E-state index is 12.5. The lowest BCUT2D eigenvalue weighted by atomic mass is 10.2. The lowest BCUT2D eigenvalue weighted by molar-refractivity contribution is 0.0919. The Labute approximate surface area is 123 Å². The van der Waals surface area contributed by atoms with Gasteiger partial charge in [0.05, 0.1) is 12.1 Å². The lowest BCUT2D eigenvalue weighted by Crippen LogP contribution is -2.22. The van der Waals surface area contributed by atoms with Crippen LogP contribution in [-0.2, 0) is 0 Å². The minimum absolute atomic E-state index is 0.0358. The zero-order valence-corrected chi connectivity index (χ0v) is 11.7. The third kappa shape index (κ3) is 3.78. The van der Waals surface area contributed by atoms with Gasteiger partial charge in [-0.05, 0) is 25.1 Å². The van der Waals surface area contributed by atoms with E-state index in [0.717, 1.165) is 0 Å². The molecule has 0 radical (unpaired) electrons. The molecule has 0 unspecified atom stereocenters. The third-order valence-corrected chi connectivity index (χ3v) is 2.79. The van der Waals surface area contributed by atoms with Crippen LogP contribution in [0.2, 0.25) is 0 Å². The number of amides is 2. The Morgan fingerprint density at radius 1 is 1.33 bits per heavy atom. The Morgan fingerprint density at radius 3 is 2.86 bits per heavy atom. The molecular weight excluding hydrogens is 299 g/mol. The topological polar surface area (TPSA) is 97.1 Å². The van der Waals surface area contributed by atoms with Gasteiger partial charge in [0, 0.05) is 17.0 Å². The summed E-state index contributed by atoms with van der Waals surface area (Å²) in [5.41, 5.74) is 0.232. The SMILES string of the molecule is CCNC(=O)c1nnc(NC(=O)c2cccc(SF)c2)o1. The molecule has 0 atom stereocenters. The number of hydrogen-bond acceptors (Lipinski definition) is 6. The van der Waals surface area contributed by atoms with E-state index in [1.165, 1.54) is 18.2 Å². The predicted molar refractivity (Wildman–Crippen MR) is 73.7 cm³/mol. The molecule has 0 saturated heterocycles. The number of aromatic nitrogens is 2. The molecule has 0 aliphatic heterocycles. The molecule has 0 fully saturated rings. The van der Waals surface area contributed by atoms with Crippen LogP contribution < -0.4 is 10.6 Å². The summed E-state index contributed by atoms with van der Waals surface area (Å²) in [5.74, 6) is -1.32. The summed E-state index contributed by atoms with van der Waals surface area (Å²) in [7, 11) is 0. The van der Waals surface area contributed by atoms with Gasteiger partial charge in [-0.1, -0.05) is 11.2 Å². The van der Waals surface area contributed by atoms with Crippen LogP contribution in [0.5, 0.6) is 0 Å². The molecule has 2 amide bonds. The number of nitrogens with one attached hydrogen (secondary N) is 2. The van der Waals surface area contributed by atoms with Crippen molar-refractivity contribution in [2.24, 2.45) is 0 Å². The van der Waals surface area contributed by atoms with Crippen molar-refractivity contribution in [1.82, 2.24) is 15.5 Å². The fraction of sp³-hybridized carbons (Fsp3) is 0.167. The van der Waals surface area contributed by atoms with Crippen molar-refractivity contribution in [1.29, 1.82) is 0 Å². The molecule has 1 aromatic heterocycles. The number of halogens is 1. The van der Waals surface area contributed by atoms with Crippen molar-refractivity contribution < 1.29 is 17.9 Å². The molecule has 110 valence electrons. The summed E-state index contributed by atoms with van der Waals surface area (Å²) >= 11 is 0.0358. The van der Waals surface area contributed by atoms with Crippen molar-refractivity contribution in [3.8, 4) is 0 Å². The lowest BCUT2D eigenvalue weighted by Gasteiger charge is -2.01. The van der Waals surface area contributed by atoms with Crippen LogP contribution in [0.4, 0.5) is 9.90 Å². The van der Waals surface area contributed by atoms with E-state index in [-0.39, 0.29) is 29.6 Å². The largest absolute Gasteiger partial charge is 0.399 e. The Balaban J connectivity index is 2.07. The van der Waals surface area contributed by atoms with E-state index < -0.39 is 11.8 Å². The zero-order chi connectivity index (χ0) is 15.2. The third-order valence-electron chi connectivity index (χ3n) is 2.36. The van der Waals surface area contributed by atoms with Gasteiger partial charge >= 0.3 is 17.8 Å². The fourth-order valence-electron chi connectivity index (χ4n) is 1.46. The van der Waals surface area contributed by atoms with E-state index in [1.54, 1.807) is 13.0 Å². The van der Waals surface area contributed by atoms with Crippen LogP contribution in [0, 0.1) is 0 Å². The second-order valence-electron chi connectivity index (χ2n) is 3.83. The van der Waals surface area contributed by atoms with Gasteiger partial charge in [-0.15, -0.1) is 5.10 Å². The monoisotopic (exact) mass is 310 g/mol. The summed E-state index contributed by atoms with van der Waals surface area (Å²) < 4.78 is 17.5. The molecule has 2 N–H and O–H groups in total. The first-order valence-electron chi connectivity index (χ1n) is 5.95. The molecule has 7 nitrogen and oxygen atoms in total. The fourth-order valence-corrected chi connectivity index (χ4v) is 1.76. The number of carbonyl (C=O) groups excluding carboxylic acids is 2. The van der Waals surface area contributed by atoms with E-state index in [0.29, 0.717) is 11.4 Å². The Morgan fingerprint density at radius 2 is 2.14 bits per heavy atom. The number of hydrogen-bond donors (Lipinski definition) is 2.